The van der Waals surface area contributed by atoms with E-state index in [1.54, 1.807) is 0 Å². The van der Waals surface area contributed by atoms with Gasteiger partial charge in [0.1, 0.15) is 11.2 Å². The maximum absolute atomic E-state index is 8.05. The van der Waals surface area contributed by atoms with Crippen molar-refractivity contribution >= 4 is 16.8 Å². The van der Waals surface area contributed by atoms with E-state index in [-0.39, 0.29) is 0 Å². The normalized spacial score (nSPS) is 10.6. The minimum atomic E-state index is 0.307. The molecule has 3 nitrogen and oxygen atoms in total. The predicted octanol–water partition coefficient (Wildman–Crippen LogP) is 3.24. The highest BCUT2D eigenvalue weighted by Crippen LogP contribution is 2.17. The van der Waals surface area contributed by atoms with Gasteiger partial charge in [0, 0.05) is 5.56 Å². The summed E-state index contributed by atoms with van der Waals surface area (Å²) < 4.78 is 5.55. The number of fused-ring (bicyclic) bond motifs is 1. The van der Waals surface area contributed by atoms with Gasteiger partial charge in [0.15, 0.2) is 5.58 Å². The second-order valence-corrected chi connectivity index (χ2v) is 3.73. The van der Waals surface area contributed by atoms with Crippen LogP contribution in [-0.4, -0.2) is 10.7 Å². The van der Waals surface area contributed by atoms with E-state index in [9.17, 15) is 0 Å². The third-order valence-corrected chi connectivity index (χ3v) is 2.57. The molecular weight excluding hydrogens is 212 g/mol. The molecule has 0 aliphatic heterocycles. The number of rotatable bonds is 2. The quantitative estimate of drug-likeness (QED) is 0.676. The maximum Gasteiger partial charge on any atom is 0.246 e. The first kappa shape index (κ1) is 9.78. The molecule has 1 N–H and O–H groups in total. The largest absolute Gasteiger partial charge is 0.435 e. The van der Waals surface area contributed by atoms with Crippen LogP contribution in [-0.2, 0) is 0 Å². The van der Waals surface area contributed by atoms with Crippen molar-refractivity contribution in [2.24, 2.45) is 0 Å². The zero-order chi connectivity index (χ0) is 11.7. The number of hydrogen-bond acceptors (Lipinski definition) is 3. The van der Waals surface area contributed by atoms with Gasteiger partial charge in [-0.25, -0.2) is 4.98 Å². The number of aromatic nitrogens is 1. The summed E-state index contributed by atoms with van der Waals surface area (Å²) in [6.45, 7) is 0. The summed E-state index contributed by atoms with van der Waals surface area (Å²) >= 11 is 0. The second-order valence-electron chi connectivity index (χ2n) is 3.73. The van der Waals surface area contributed by atoms with Crippen molar-refractivity contribution in [3.8, 4) is 0 Å². The monoisotopic (exact) mass is 222 g/mol. The molecule has 0 saturated heterocycles. The van der Waals surface area contributed by atoms with E-state index >= 15 is 0 Å². The van der Waals surface area contributed by atoms with E-state index in [0.717, 1.165) is 11.1 Å². The Morgan fingerprint density at radius 3 is 2.41 bits per heavy atom. The number of nitrogens with zero attached hydrogens (tertiary/aromatic N) is 1. The zero-order valence-electron chi connectivity index (χ0n) is 9.05. The lowest BCUT2D eigenvalue weighted by molar-refractivity contribution is 0.589. The Morgan fingerprint density at radius 1 is 0.941 bits per heavy atom. The first-order valence-electron chi connectivity index (χ1n) is 5.34. The highest BCUT2D eigenvalue weighted by atomic mass is 16.3. The molecule has 0 fully saturated rings. The van der Waals surface area contributed by atoms with Crippen LogP contribution in [0.3, 0.4) is 0 Å². The fraction of sp³-hybridized carbons (Fsp3) is 0. The first-order chi connectivity index (χ1) is 8.34. The Balaban J connectivity index is 2.07. The summed E-state index contributed by atoms with van der Waals surface area (Å²) in [6, 6.07) is 17.0. The van der Waals surface area contributed by atoms with Crippen LogP contribution in [0.2, 0.25) is 0 Å². The summed E-state index contributed by atoms with van der Waals surface area (Å²) in [7, 11) is 0. The Bertz CT molecular complexity index is 638. The number of oxazole rings is 1. The standard InChI is InChI=1S/C14H10N2O/c15-13(10-6-2-1-3-7-10)14-16-11-8-4-5-9-12(11)17-14/h1-9,15H. The molecule has 0 radical (unpaired) electrons. The minimum Gasteiger partial charge on any atom is -0.435 e. The van der Waals surface area contributed by atoms with Crippen LogP contribution in [0, 0.1) is 5.41 Å². The first-order valence-corrected chi connectivity index (χ1v) is 5.34. The highest BCUT2D eigenvalue weighted by molar-refractivity contribution is 6.08. The van der Waals surface area contributed by atoms with Crippen molar-refractivity contribution in [2.45, 2.75) is 0 Å². The SMILES string of the molecule is N=C(c1ccccc1)c1nc2ccccc2o1. The summed E-state index contributed by atoms with van der Waals surface area (Å²) in [5.41, 5.74) is 2.60. The molecule has 1 aromatic heterocycles. The molecule has 0 atom stereocenters. The van der Waals surface area contributed by atoms with Crippen molar-refractivity contribution in [3.05, 3.63) is 66.1 Å². The van der Waals surface area contributed by atoms with Gasteiger partial charge < -0.3 is 4.42 Å². The van der Waals surface area contributed by atoms with Crippen molar-refractivity contribution in [1.82, 2.24) is 4.98 Å². The maximum atomic E-state index is 8.05. The molecule has 3 rings (SSSR count). The van der Waals surface area contributed by atoms with Crippen LogP contribution in [0.4, 0.5) is 0 Å². The number of para-hydroxylation sites is 2. The van der Waals surface area contributed by atoms with Crippen LogP contribution in [0.15, 0.2) is 59.0 Å². The number of benzene rings is 2. The van der Waals surface area contributed by atoms with Gasteiger partial charge in [-0.05, 0) is 12.1 Å². The minimum absolute atomic E-state index is 0.307. The third kappa shape index (κ3) is 1.72. The molecule has 82 valence electrons. The molecular formula is C14H10N2O. The van der Waals surface area contributed by atoms with E-state index < -0.39 is 0 Å². The van der Waals surface area contributed by atoms with E-state index in [1.165, 1.54) is 0 Å². The van der Waals surface area contributed by atoms with Gasteiger partial charge in [-0.2, -0.15) is 0 Å². The van der Waals surface area contributed by atoms with Crippen LogP contribution in [0.25, 0.3) is 11.1 Å². The van der Waals surface area contributed by atoms with Gasteiger partial charge >= 0.3 is 0 Å². The topological polar surface area (TPSA) is 49.9 Å². The Kier molecular flexibility index (Phi) is 2.22. The van der Waals surface area contributed by atoms with Crippen LogP contribution >= 0.6 is 0 Å². The van der Waals surface area contributed by atoms with Crippen molar-refractivity contribution in [3.63, 3.8) is 0 Å². The summed E-state index contributed by atoms with van der Waals surface area (Å²) in [5.74, 6) is 0.359. The Morgan fingerprint density at radius 2 is 1.65 bits per heavy atom. The molecule has 3 aromatic rings. The summed E-state index contributed by atoms with van der Waals surface area (Å²) in [6.07, 6.45) is 0. The smallest absolute Gasteiger partial charge is 0.246 e. The molecule has 2 aromatic carbocycles. The third-order valence-electron chi connectivity index (χ3n) is 2.57. The molecule has 0 unspecified atom stereocenters. The molecule has 1 heterocycles. The average molecular weight is 222 g/mol. The Hall–Kier alpha value is -2.42. The molecule has 0 amide bonds. The molecule has 17 heavy (non-hydrogen) atoms. The molecule has 0 aliphatic rings. The van der Waals surface area contributed by atoms with E-state index in [2.05, 4.69) is 4.98 Å². The lowest BCUT2D eigenvalue weighted by atomic mass is 10.1. The highest BCUT2D eigenvalue weighted by Gasteiger charge is 2.11. The molecule has 0 aliphatic carbocycles. The second kappa shape index (κ2) is 3.87. The van der Waals surface area contributed by atoms with Gasteiger partial charge in [-0.15, -0.1) is 0 Å². The van der Waals surface area contributed by atoms with E-state index in [0.29, 0.717) is 17.2 Å². The van der Waals surface area contributed by atoms with Gasteiger partial charge in [-0.3, -0.25) is 5.41 Å². The van der Waals surface area contributed by atoms with Crippen molar-refractivity contribution in [2.75, 3.05) is 0 Å². The lowest BCUT2D eigenvalue weighted by Gasteiger charge is -1.97. The van der Waals surface area contributed by atoms with Crippen LogP contribution < -0.4 is 0 Å². The van der Waals surface area contributed by atoms with E-state index in [1.807, 2.05) is 54.6 Å². The van der Waals surface area contributed by atoms with Crippen molar-refractivity contribution < 1.29 is 4.42 Å². The fourth-order valence-electron chi connectivity index (χ4n) is 1.71. The van der Waals surface area contributed by atoms with Gasteiger partial charge in [0.05, 0.1) is 0 Å². The van der Waals surface area contributed by atoms with Crippen LogP contribution in [0.1, 0.15) is 11.5 Å². The van der Waals surface area contributed by atoms with Gasteiger partial charge in [0.2, 0.25) is 5.89 Å². The summed E-state index contributed by atoms with van der Waals surface area (Å²) in [4.78, 5) is 4.30. The fourth-order valence-corrected chi connectivity index (χ4v) is 1.71. The van der Waals surface area contributed by atoms with E-state index in [4.69, 9.17) is 9.83 Å². The molecule has 0 spiro atoms. The Labute approximate surface area is 98.2 Å². The zero-order valence-corrected chi connectivity index (χ0v) is 9.05. The average Bonchev–Trinajstić information content (AvgIpc) is 2.82. The predicted molar refractivity (Wildman–Crippen MR) is 66.4 cm³/mol. The van der Waals surface area contributed by atoms with Crippen LogP contribution in [0.5, 0.6) is 0 Å². The van der Waals surface area contributed by atoms with Gasteiger partial charge in [-0.1, -0.05) is 42.5 Å². The summed E-state index contributed by atoms with van der Waals surface area (Å²) in [5, 5.41) is 8.05. The number of hydrogen-bond donors (Lipinski definition) is 1. The van der Waals surface area contributed by atoms with Gasteiger partial charge in [0.25, 0.3) is 0 Å². The molecule has 0 bridgehead atoms. The molecule has 3 heteroatoms. The lowest BCUT2D eigenvalue weighted by Crippen LogP contribution is -2.00. The molecule has 0 saturated carbocycles. The van der Waals surface area contributed by atoms with Crippen molar-refractivity contribution in [1.29, 1.82) is 5.41 Å². The number of nitrogens with one attached hydrogen (secondary N) is 1.